The maximum atomic E-state index is 12.6. The lowest BCUT2D eigenvalue weighted by molar-refractivity contribution is -0.116. The van der Waals surface area contributed by atoms with Crippen molar-refractivity contribution in [1.29, 1.82) is 0 Å². The van der Waals surface area contributed by atoms with E-state index < -0.39 is 0 Å². The Bertz CT molecular complexity index is 1270. The number of carbonyl (C=O) groups excluding carboxylic acids is 1. The number of benzene rings is 2. The highest BCUT2D eigenvalue weighted by Crippen LogP contribution is 2.41. The molecule has 1 N–H and O–H groups in total. The van der Waals surface area contributed by atoms with Crippen LogP contribution in [0.4, 0.5) is 5.82 Å². The largest absolute Gasteiger partial charge is 0.494 e. The normalized spacial score (nSPS) is 15.7. The zero-order valence-electron chi connectivity index (χ0n) is 17.8. The number of thiazole rings is 1. The summed E-state index contributed by atoms with van der Waals surface area (Å²) in [6.45, 7) is 6.73. The molecule has 1 amide bonds. The molecule has 7 heteroatoms. The Morgan fingerprint density at radius 2 is 2.00 bits per heavy atom. The lowest BCUT2D eigenvalue weighted by Gasteiger charge is -2.24. The van der Waals surface area contributed by atoms with Gasteiger partial charge in [-0.05, 0) is 49.6 Å². The number of hydrogen-bond acceptors (Lipinski definition) is 5. The number of ether oxygens (including phenoxy) is 1. The van der Waals surface area contributed by atoms with Crippen LogP contribution in [-0.4, -0.2) is 27.3 Å². The minimum Gasteiger partial charge on any atom is -0.494 e. The molecule has 2 aromatic heterocycles. The predicted octanol–water partition coefficient (Wildman–Crippen LogP) is 5.23. The number of aromatic nitrogens is 3. The van der Waals surface area contributed by atoms with Crippen molar-refractivity contribution < 1.29 is 9.53 Å². The number of nitrogens with one attached hydrogen (secondary N) is 1. The van der Waals surface area contributed by atoms with Crippen molar-refractivity contribution in [3.05, 3.63) is 64.8 Å². The second-order valence-electron chi connectivity index (χ2n) is 7.72. The first-order valence-corrected chi connectivity index (χ1v) is 11.4. The van der Waals surface area contributed by atoms with E-state index in [9.17, 15) is 4.79 Å². The van der Waals surface area contributed by atoms with Gasteiger partial charge in [-0.1, -0.05) is 42.5 Å². The van der Waals surface area contributed by atoms with Crippen molar-refractivity contribution in [1.82, 2.24) is 14.8 Å². The lowest BCUT2D eigenvalue weighted by Crippen LogP contribution is -2.24. The standard InChI is InChI=1S/C24H24N4O2S/c1-4-15-6-8-16(9-7-15)18-13-21(29)26-23-22(18)14(3)27-28(23)24-25-19-11-10-17(30-5-2)12-20(19)31-24/h6-12,18H,4-5,13H2,1-3H3,(H,26,29)/t18-/m1/s1. The first kappa shape index (κ1) is 19.8. The molecule has 31 heavy (non-hydrogen) atoms. The van der Waals surface area contributed by atoms with Gasteiger partial charge in [0.1, 0.15) is 11.6 Å². The van der Waals surface area contributed by atoms with Crippen molar-refractivity contribution >= 4 is 33.3 Å². The predicted molar refractivity (Wildman–Crippen MR) is 124 cm³/mol. The summed E-state index contributed by atoms with van der Waals surface area (Å²) in [7, 11) is 0. The highest BCUT2D eigenvalue weighted by atomic mass is 32.1. The van der Waals surface area contributed by atoms with E-state index in [-0.39, 0.29) is 11.8 Å². The van der Waals surface area contributed by atoms with Gasteiger partial charge in [-0.3, -0.25) is 4.79 Å². The fraction of sp³-hybridized carbons (Fsp3) is 0.292. The highest BCUT2D eigenvalue weighted by Gasteiger charge is 2.33. The SMILES string of the molecule is CCOc1ccc2nc(-n3nc(C)c4c3NC(=O)C[C@@H]4c3ccc(CC)cc3)sc2c1. The van der Waals surface area contributed by atoms with E-state index in [2.05, 4.69) is 36.5 Å². The van der Waals surface area contributed by atoms with E-state index in [0.717, 1.165) is 50.2 Å². The molecule has 0 saturated carbocycles. The van der Waals surface area contributed by atoms with Gasteiger partial charge in [0.15, 0.2) is 0 Å². The first-order valence-electron chi connectivity index (χ1n) is 10.6. The summed E-state index contributed by atoms with van der Waals surface area (Å²) in [5.74, 6) is 1.54. The molecule has 0 radical (unpaired) electrons. The summed E-state index contributed by atoms with van der Waals surface area (Å²) < 4.78 is 8.42. The molecule has 0 spiro atoms. The van der Waals surface area contributed by atoms with Crippen LogP contribution in [0.15, 0.2) is 42.5 Å². The molecule has 6 nitrogen and oxygen atoms in total. The number of rotatable bonds is 5. The number of aryl methyl sites for hydroxylation is 2. The minimum atomic E-state index is -0.0117. The smallest absolute Gasteiger partial charge is 0.226 e. The summed E-state index contributed by atoms with van der Waals surface area (Å²) in [6, 6.07) is 14.4. The monoisotopic (exact) mass is 432 g/mol. The molecule has 4 aromatic rings. The van der Waals surface area contributed by atoms with Crippen molar-refractivity contribution in [2.24, 2.45) is 0 Å². The third kappa shape index (κ3) is 3.49. The zero-order chi connectivity index (χ0) is 21.5. The van der Waals surface area contributed by atoms with E-state index in [1.807, 2.05) is 32.0 Å². The second kappa shape index (κ2) is 7.81. The number of hydrogen-bond donors (Lipinski definition) is 1. The van der Waals surface area contributed by atoms with Gasteiger partial charge in [-0.25, -0.2) is 4.98 Å². The zero-order valence-corrected chi connectivity index (χ0v) is 18.6. The Hall–Kier alpha value is -3.19. The van der Waals surface area contributed by atoms with E-state index in [4.69, 9.17) is 14.8 Å². The Morgan fingerprint density at radius 3 is 2.74 bits per heavy atom. The number of fused-ring (bicyclic) bond motifs is 2. The Balaban J connectivity index is 1.59. The molecular weight excluding hydrogens is 408 g/mol. The average molecular weight is 433 g/mol. The molecule has 0 fully saturated rings. The van der Waals surface area contributed by atoms with E-state index >= 15 is 0 Å². The van der Waals surface area contributed by atoms with Crippen LogP contribution in [0.2, 0.25) is 0 Å². The van der Waals surface area contributed by atoms with Gasteiger partial charge >= 0.3 is 0 Å². The quantitative estimate of drug-likeness (QED) is 0.469. The van der Waals surface area contributed by atoms with Crippen LogP contribution in [0, 0.1) is 6.92 Å². The Labute approximate surface area is 184 Å². The summed E-state index contributed by atoms with van der Waals surface area (Å²) in [4.78, 5) is 17.4. The van der Waals surface area contributed by atoms with Crippen LogP contribution in [-0.2, 0) is 11.2 Å². The topological polar surface area (TPSA) is 69.0 Å². The minimum absolute atomic E-state index is 0.00189. The molecule has 5 rings (SSSR count). The molecule has 1 atom stereocenters. The molecule has 0 aliphatic carbocycles. The maximum absolute atomic E-state index is 12.6. The molecule has 1 aliphatic rings. The molecule has 3 heterocycles. The highest BCUT2D eigenvalue weighted by molar-refractivity contribution is 7.20. The average Bonchev–Trinajstić information content (AvgIpc) is 3.34. The summed E-state index contributed by atoms with van der Waals surface area (Å²) >= 11 is 1.54. The van der Waals surface area contributed by atoms with Gasteiger partial charge < -0.3 is 10.1 Å². The van der Waals surface area contributed by atoms with Crippen molar-refractivity contribution in [3.8, 4) is 10.9 Å². The third-order valence-corrected chi connectivity index (χ3v) is 6.73. The Morgan fingerprint density at radius 1 is 1.19 bits per heavy atom. The molecule has 0 bridgehead atoms. The van der Waals surface area contributed by atoms with Gasteiger partial charge in [-0.2, -0.15) is 9.78 Å². The fourth-order valence-electron chi connectivity index (χ4n) is 4.20. The third-order valence-electron chi connectivity index (χ3n) is 5.73. The van der Waals surface area contributed by atoms with Crippen molar-refractivity contribution in [3.63, 3.8) is 0 Å². The number of nitrogens with zero attached hydrogens (tertiary/aromatic N) is 3. The van der Waals surface area contributed by atoms with Gasteiger partial charge in [0.25, 0.3) is 0 Å². The van der Waals surface area contributed by atoms with E-state index in [0.29, 0.717) is 13.0 Å². The number of carbonyl (C=O) groups is 1. The van der Waals surface area contributed by atoms with Crippen LogP contribution >= 0.6 is 11.3 Å². The fourth-order valence-corrected chi connectivity index (χ4v) is 5.15. The summed E-state index contributed by atoms with van der Waals surface area (Å²) in [5, 5.41) is 8.56. The van der Waals surface area contributed by atoms with Gasteiger partial charge in [0.05, 0.1) is 22.5 Å². The van der Waals surface area contributed by atoms with Gasteiger partial charge in [0, 0.05) is 17.9 Å². The van der Waals surface area contributed by atoms with E-state index in [1.165, 1.54) is 16.9 Å². The van der Waals surface area contributed by atoms with Crippen molar-refractivity contribution in [2.75, 3.05) is 11.9 Å². The van der Waals surface area contributed by atoms with Crippen LogP contribution in [0.3, 0.4) is 0 Å². The van der Waals surface area contributed by atoms with E-state index in [1.54, 1.807) is 4.68 Å². The molecule has 0 unspecified atom stereocenters. The number of amides is 1. The number of anilines is 1. The van der Waals surface area contributed by atoms with Gasteiger partial charge in [0.2, 0.25) is 11.0 Å². The van der Waals surface area contributed by atoms with Crippen LogP contribution in [0.25, 0.3) is 15.3 Å². The van der Waals surface area contributed by atoms with Crippen LogP contribution in [0.5, 0.6) is 5.75 Å². The molecule has 0 saturated heterocycles. The molecular formula is C24H24N4O2S. The first-order chi connectivity index (χ1) is 15.1. The maximum Gasteiger partial charge on any atom is 0.226 e. The molecule has 2 aromatic carbocycles. The lowest BCUT2D eigenvalue weighted by atomic mass is 9.85. The van der Waals surface area contributed by atoms with Crippen molar-refractivity contribution in [2.45, 2.75) is 39.5 Å². The molecule has 158 valence electrons. The van der Waals surface area contributed by atoms with Crippen LogP contribution < -0.4 is 10.1 Å². The summed E-state index contributed by atoms with van der Waals surface area (Å²) in [5.41, 5.74) is 5.30. The van der Waals surface area contributed by atoms with Crippen LogP contribution in [0.1, 0.15) is 48.6 Å². The molecule has 1 aliphatic heterocycles. The van der Waals surface area contributed by atoms with Gasteiger partial charge in [-0.15, -0.1) is 0 Å². The Kier molecular flexibility index (Phi) is 4.98. The second-order valence-corrected chi connectivity index (χ2v) is 8.73. The summed E-state index contributed by atoms with van der Waals surface area (Å²) in [6.07, 6.45) is 1.42.